The summed E-state index contributed by atoms with van der Waals surface area (Å²) in [6, 6.07) is 10.7. The van der Waals surface area contributed by atoms with Gasteiger partial charge in [-0.05, 0) is 91.5 Å². The first-order chi connectivity index (χ1) is 14.6. The highest BCUT2D eigenvalue weighted by molar-refractivity contribution is 5.27. The third-order valence-electron chi connectivity index (χ3n) is 5.94. The molecule has 2 unspecified atom stereocenters. The van der Waals surface area contributed by atoms with Crippen LogP contribution in [0.2, 0.25) is 0 Å². The van der Waals surface area contributed by atoms with Gasteiger partial charge in [-0.2, -0.15) is 0 Å². The van der Waals surface area contributed by atoms with Gasteiger partial charge in [0.25, 0.3) is 0 Å². The Balaban J connectivity index is 3.39. The van der Waals surface area contributed by atoms with Crippen molar-refractivity contribution in [3.63, 3.8) is 0 Å². The summed E-state index contributed by atoms with van der Waals surface area (Å²) in [6.45, 7) is 29.9. The lowest BCUT2D eigenvalue weighted by atomic mass is 9.56. The van der Waals surface area contributed by atoms with Crippen LogP contribution in [0.15, 0.2) is 30.3 Å². The molecule has 0 aromatic heterocycles. The smallest absolute Gasteiger partial charge is 0.105 e. The summed E-state index contributed by atoms with van der Waals surface area (Å²) in [5, 5.41) is 0. The lowest BCUT2D eigenvalue weighted by molar-refractivity contribution is -0.425. The van der Waals surface area contributed by atoms with Crippen molar-refractivity contribution in [3.05, 3.63) is 35.9 Å². The number of hydrogen-bond donors (Lipinski definition) is 0. The van der Waals surface area contributed by atoms with Crippen molar-refractivity contribution >= 4 is 0 Å². The van der Waals surface area contributed by atoms with Gasteiger partial charge in [-0.25, -0.2) is 19.6 Å². The Bertz CT molecular complexity index is 717. The summed E-state index contributed by atoms with van der Waals surface area (Å²) in [5.74, 6) is 0.140. The molecule has 0 aliphatic carbocycles. The fourth-order valence-electron chi connectivity index (χ4n) is 5.08. The monoisotopic (exact) mass is 464 g/mol. The van der Waals surface area contributed by atoms with Crippen LogP contribution in [-0.4, -0.2) is 22.4 Å². The third-order valence-corrected chi connectivity index (χ3v) is 5.94. The largest absolute Gasteiger partial charge is 0.230 e. The maximum Gasteiger partial charge on any atom is 0.105 e. The molecular formula is C29H52O4. The van der Waals surface area contributed by atoms with E-state index in [1.807, 2.05) is 41.5 Å². The molecule has 0 saturated carbocycles. The van der Waals surface area contributed by atoms with Crippen LogP contribution in [0.4, 0.5) is 0 Å². The molecule has 0 radical (unpaired) electrons. The lowest BCUT2D eigenvalue weighted by Gasteiger charge is -2.53. The zero-order chi connectivity index (χ0) is 25.9. The van der Waals surface area contributed by atoms with Crippen molar-refractivity contribution in [2.75, 3.05) is 0 Å². The molecule has 0 amide bonds. The van der Waals surface area contributed by atoms with Crippen LogP contribution < -0.4 is 0 Å². The zero-order valence-corrected chi connectivity index (χ0v) is 24.0. The van der Waals surface area contributed by atoms with Gasteiger partial charge in [0, 0.05) is 5.92 Å². The molecule has 1 aromatic carbocycles. The first-order valence-electron chi connectivity index (χ1n) is 12.4. The third kappa shape index (κ3) is 9.68. The van der Waals surface area contributed by atoms with E-state index in [0.29, 0.717) is 0 Å². The second-order valence-corrected chi connectivity index (χ2v) is 14.0. The summed E-state index contributed by atoms with van der Waals surface area (Å²) in [4.78, 5) is 24.0. The van der Waals surface area contributed by atoms with E-state index in [0.717, 1.165) is 12.8 Å². The van der Waals surface area contributed by atoms with Gasteiger partial charge in [0.2, 0.25) is 0 Å². The van der Waals surface area contributed by atoms with Gasteiger partial charge in [-0.3, -0.25) is 0 Å². The van der Waals surface area contributed by atoms with E-state index in [-0.39, 0.29) is 22.3 Å². The highest BCUT2D eigenvalue weighted by Gasteiger charge is 2.52. The lowest BCUT2D eigenvalue weighted by Crippen LogP contribution is -2.54. The quantitative estimate of drug-likeness (QED) is 0.257. The van der Waals surface area contributed by atoms with Crippen molar-refractivity contribution in [1.82, 2.24) is 0 Å². The van der Waals surface area contributed by atoms with Crippen LogP contribution in [0.25, 0.3) is 0 Å². The molecule has 1 rings (SSSR count). The molecule has 33 heavy (non-hydrogen) atoms. The molecule has 0 aliphatic heterocycles. The van der Waals surface area contributed by atoms with E-state index >= 15 is 0 Å². The second kappa shape index (κ2) is 10.4. The number of hydrogen-bond acceptors (Lipinski definition) is 4. The van der Waals surface area contributed by atoms with Gasteiger partial charge < -0.3 is 0 Å². The normalized spacial score (nSPS) is 17.0. The summed E-state index contributed by atoms with van der Waals surface area (Å²) >= 11 is 0. The minimum Gasteiger partial charge on any atom is -0.230 e. The van der Waals surface area contributed by atoms with Crippen molar-refractivity contribution in [2.45, 2.75) is 138 Å². The molecule has 4 heteroatoms. The second-order valence-electron chi connectivity index (χ2n) is 14.0. The van der Waals surface area contributed by atoms with Crippen LogP contribution >= 0.6 is 0 Å². The van der Waals surface area contributed by atoms with Gasteiger partial charge in [-0.15, -0.1) is 0 Å². The minimum atomic E-state index is -0.576. The maximum absolute atomic E-state index is 6.44. The molecule has 2 atom stereocenters. The van der Waals surface area contributed by atoms with Gasteiger partial charge in [0.1, 0.15) is 5.60 Å². The molecular weight excluding hydrogens is 412 g/mol. The fraction of sp³-hybridized carbons (Fsp3) is 0.793. The van der Waals surface area contributed by atoms with E-state index < -0.39 is 16.8 Å². The Morgan fingerprint density at radius 1 is 0.576 bits per heavy atom. The van der Waals surface area contributed by atoms with E-state index in [9.17, 15) is 0 Å². The maximum atomic E-state index is 6.44. The van der Waals surface area contributed by atoms with Gasteiger partial charge >= 0.3 is 0 Å². The van der Waals surface area contributed by atoms with Crippen LogP contribution in [0, 0.1) is 11.3 Å². The Labute approximate surface area is 204 Å². The van der Waals surface area contributed by atoms with E-state index in [2.05, 4.69) is 85.7 Å². The van der Waals surface area contributed by atoms with E-state index in [4.69, 9.17) is 19.6 Å². The standard InChI is InChI=1S/C29H52O4/c1-24(2,3)23(28(12,13)22-18-16-15-17-19-22)29(14,33-31-26(7,8)9)21-20-27(10,11)32-30-25(4,5)6/h15-19,23H,20-21H2,1-14H3. The molecule has 0 aliphatic rings. The summed E-state index contributed by atoms with van der Waals surface area (Å²) < 4.78 is 0. The van der Waals surface area contributed by atoms with Crippen LogP contribution in [0.3, 0.4) is 0 Å². The fourth-order valence-corrected chi connectivity index (χ4v) is 5.08. The van der Waals surface area contributed by atoms with Crippen molar-refractivity contribution < 1.29 is 19.6 Å². The zero-order valence-electron chi connectivity index (χ0n) is 24.0. The first kappa shape index (κ1) is 30.1. The topological polar surface area (TPSA) is 36.9 Å². The Hall–Kier alpha value is -0.940. The van der Waals surface area contributed by atoms with Crippen molar-refractivity contribution in [2.24, 2.45) is 11.3 Å². The van der Waals surface area contributed by atoms with Gasteiger partial charge in [0.05, 0.1) is 16.8 Å². The molecule has 0 bridgehead atoms. The Kier molecular flexibility index (Phi) is 9.44. The molecule has 0 saturated heterocycles. The molecule has 0 N–H and O–H groups in total. The van der Waals surface area contributed by atoms with Crippen LogP contribution in [-0.2, 0) is 25.0 Å². The highest BCUT2D eigenvalue weighted by Crippen LogP contribution is 2.52. The van der Waals surface area contributed by atoms with Gasteiger partial charge in [-0.1, -0.05) is 65.0 Å². The van der Waals surface area contributed by atoms with Gasteiger partial charge in [0.15, 0.2) is 0 Å². The van der Waals surface area contributed by atoms with E-state index in [1.54, 1.807) is 0 Å². The molecule has 4 nitrogen and oxygen atoms in total. The van der Waals surface area contributed by atoms with Crippen LogP contribution in [0.5, 0.6) is 0 Å². The van der Waals surface area contributed by atoms with E-state index in [1.165, 1.54) is 5.56 Å². The molecule has 0 spiro atoms. The van der Waals surface area contributed by atoms with Crippen molar-refractivity contribution in [3.8, 4) is 0 Å². The summed E-state index contributed by atoms with van der Waals surface area (Å²) in [7, 11) is 0. The molecule has 1 aromatic rings. The predicted octanol–water partition coefficient (Wildman–Crippen LogP) is 8.44. The van der Waals surface area contributed by atoms with Crippen molar-refractivity contribution in [1.29, 1.82) is 0 Å². The summed E-state index contributed by atoms with van der Waals surface area (Å²) in [6.07, 6.45) is 1.51. The average Bonchev–Trinajstić information content (AvgIpc) is 2.62. The molecule has 192 valence electrons. The summed E-state index contributed by atoms with van der Waals surface area (Å²) in [5.41, 5.74) is -0.754. The Morgan fingerprint density at radius 2 is 1.03 bits per heavy atom. The number of benzene rings is 1. The SMILES string of the molecule is CC(C)(C)OOC(C)(C)CCC(C)(OOC(C)(C)C)C(C(C)(C)C)C(C)(C)c1ccccc1. The molecule has 0 fully saturated rings. The highest BCUT2D eigenvalue weighted by atomic mass is 17.2. The minimum absolute atomic E-state index is 0.0533. The van der Waals surface area contributed by atoms with Crippen LogP contribution in [0.1, 0.15) is 115 Å². The number of rotatable bonds is 10. The first-order valence-corrected chi connectivity index (χ1v) is 12.4. The predicted molar refractivity (Wildman–Crippen MR) is 138 cm³/mol. The Morgan fingerprint density at radius 3 is 1.45 bits per heavy atom. The average molecular weight is 465 g/mol. The molecule has 0 heterocycles.